The summed E-state index contributed by atoms with van der Waals surface area (Å²) in [7, 11) is 0. The van der Waals surface area contributed by atoms with Gasteiger partial charge in [-0.3, -0.25) is 4.79 Å². The van der Waals surface area contributed by atoms with E-state index in [9.17, 15) is 27.5 Å². The van der Waals surface area contributed by atoms with E-state index in [4.69, 9.17) is 4.74 Å². The zero-order valence-electron chi connectivity index (χ0n) is 16.4. The summed E-state index contributed by atoms with van der Waals surface area (Å²) < 4.78 is 61.7. The van der Waals surface area contributed by atoms with Gasteiger partial charge in [0.15, 0.2) is 0 Å². The quantitative estimate of drug-likeness (QED) is 0.719. The molecule has 0 bridgehead atoms. The average molecular weight is 439 g/mol. The number of likely N-dealkylation sites (tertiary alicyclic amines) is 1. The SMILES string of the molecule is O=C(c1cccc(OC(F)F)c1)N1C[C@H]2C[C@@H](Oc3cc(F)cc(F)c3)[C@H](O)C[C@H]2C1. The topological polar surface area (TPSA) is 59.0 Å². The number of alkyl halides is 2. The van der Waals surface area contributed by atoms with Gasteiger partial charge in [-0.05, 0) is 42.9 Å². The molecule has 5 nitrogen and oxygen atoms in total. The van der Waals surface area contributed by atoms with Crippen molar-refractivity contribution in [1.82, 2.24) is 4.90 Å². The van der Waals surface area contributed by atoms with E-state index in [1.807, 2.05) is 0 Å². The fraction of sp³-hybridized carbons (Fsp3) is 0.409. The van der Waals surface area contributed by atoms with Crippen molar-refractivity contribution in [2.24, 2.45) is 11.8 Å². The summed E-state index contributed by atoms with van der Waals surface area (Å²) >= 11 is 0. The minimum absolute atomic E-state index is 0.00164. The number of nitrogens with zero attached hydrogens (tertiary/aromatic N) is 1. The Morgan fingerprint density at radius 1 is 1.00 bits per heavy atom. The smallest absolute Gasteiger partial charge is 0.387 e. The highest BCUT2D eigenvalue weighted by molar-refractivity contribution is 5.94. The van der Waals surface area contributed by atoms with Gasteiger partial charge in [0.25, 0.3) is 5.91 Å². The molecule has 1 saturated carbocycles. The third-order valence-electron chi connectivity index (χ3n) is 5.80. The van der Waals surface area contributed by atoms with Crippen LogP contribution in [0.3, 0.4) is 0 Å². The number of hydrogen-bond donors (Lipinski definition) is 1. The second-order valence-corrected chi connectivity index (χ2v) is 7.94. The number of aliphatic hydroxyl groups is 1. The number of ether oxygens (including phenoxy) is 2. The van der Waals surface area contributed by atoms with Crippen LogP contribution in [0, 0.1) is 23.5 Å². The fourth-order valence-corrected chi connectivity index (χ4v) is 4.44. The lowest BCUT2D eigenvalue weighted by Crippen LogP contribution is -2.42. The molecule has 31 heavy (non-hydrogen) atoms. The maximum atomic E-state index is 13.4. The molecule has 9 heteroatoms. The van der Waals surface area contributed by atoms with Crippen molar-refractivity contribution in [3.05, 3.63) is 59.7 Å². The molecular weight excluding hydrogens is 418 g/mol. The Morgan fingerprint density at radius 2 is 1.68 bits per heavy atom. The molecule has 0 aromatic heterocycles. The summed E-state index contributed by atoms with van der Waals surface area (Å²) in [5.74, 6) is -1.86. The van der Waals surface area contributed by atoms with Gasteiger partial charge >= 0.3 is 6.61 Å². The average Bonchev–Trinajstić information content (AvgIpc) is 3.09. The van der Waals surface area contributed by atoms with E-state index in [0.29, 0.717) is 25.9 Å². The second kappa shape index (κ2) is 8.74. The first-order valence-electron chi connectivity index (χ1n) is 9.93. The van der Waals surface area contributed by atoms with Crippen LogP contribution in [-0.2, 0) is 0 Å². The van der Waals surface area contributed by atoms with Gasteiger partial charge in [0.2, 0.25) is 0 Å². The van der Waals surface area contributed by atoms with E-state index >= 15 is 0 Å². The summed E-state index contributed by atoms with van der Waals surface area (Å²) in [6.07, 6.45) is -0.695. The summed E-state index contributed by atoms with van der Waals surface area (Å²) in [6, 6.07) is 8.47. The van der Waals surface area contributed by atoms with E-state index in [0.717, 1.165) is 18.2 Å². The zero-order valence-corrected chi connectivity index (χ0v) is 16.4. The fourth-order valence-electron chi connectivity index (χ4n) is 4.44. The second-order valence-electron chi connectivity index (χ2n) is 7.94. The number of benzene rings is 2. The summed E-state index contributed by atoms with van der Waals surface area (Å²) in [5.41, 5.74) is 0.236. The minimum atomic E-state index is -2.98. The Morgan fingerprint density at radius 3 is 2.35 bits per heavy atom. The van der Waals surface area contributed by atoms with E-state index in [1.54, 1.807) is 4.90 Å². The number of halogens is 4. The van der Waals surface area contributed by atoms with E-state index in [2.05, 4.69) is 4.74 Å². The van der Waals surface area contributed by atoms with Gasteiger partial charge in [-0.1, -0.05) is 6.07 Å². The van der Waals surface area contributed by atoms with Crippen LogP contribution in [0.25, 0.3) is 0 Å². The largest absolute Gasteiger partial charge is 0.488 e. The summed E-state index contributed by atoms with van der Waals surface area (Å²) in [6.45, 7) is -2.15. The van der Waals surface area contributed by atoms with Gasteiger partial charge < -0.3 is 19.5 Å². The van der Waals surface area contributed by atoms with Crippen LogP contribution in [0.5, 0.6) is 11.5 Å². The highest BCUT2D eigenvalue weighted by atomic mass is 19.3. The molecule has 4 atom stereocenters. The Labute approximate surface area is 176 Å². The van der Waals surface area contributed by atoms with E-state index in [-0.39, 0.29) is 34.8 Å². The molecule has 2 aliphatic rings. The van der Waals surface area contributed by atoms with Crippen LogP contribution in [-0.4, -0.2) is 47.8 Å². The Kier molecular flexibility index (Phi) is 6.04. The van der Waals surface area contributed by atoms with Crippen molar-refractivity contribution >= 4 is 5.91 Å². The van der Waals surface area contributed by atoms with Crippen molar-refractivity contribution in [2.75, 3.05) is 13.1 Å². The molecule has 1 aliphatic heterocycles. The van der Waals surface area contributed by atoms with Crippen molar-refractivity contribution in [3.8, 4) is 11.5 Å². The Hall–Kier alpha value is -2.81. The number of carbonyl (C=O) groups is 1. The third-order valence-corrected chi connectivity index (χ3v) is 5.80. The zero-order chi connectivity index (χ0) is 22.1. The van der Waals surface area contributed by atoms with Crippen LogP contribution in [0.15, 0.2) is 42.5 Å². The van der Waals surface area contributed by atoms with Crippen molar-refractivity contribution in [3.63, 3.8) is 0 Å². The van der Waals surface area contributed by atoms with Gasteiger partial charge in [-0.2, -0.15) is 8.78 Å². The molecule has 1 heterocycles. The predicted octanol–water partition coefficient (Wildman–Crippen LogP) is 3.86. The van der Waals surface area contributed by atoms with E-state index < -0.39 is 30.5 Å². The molecule has 2 aromatic carbocycles. The molecule has 1 saturated heterocycles. The first kappa shape index (κ1) is 21.4. The number of aliphatic hydroxyl groups excluding tert-OH is 1. The summed E-state index contributed by atoms with van der Waals surface area (Å²) in [5, 5.41) is 10.5. The number of rotatable bonds is 5. The molecule has 1 amide bonds. The van der Waals surface area contributed by atoms with Gasteiger partial charge in [0.05, 0.1) is 6.10 Å². The normalized spacial score (nSPS) is 25.4. The molecule has 4 rings (SSSR count). The monoisotopic (exact) mass is 439 g/mol. The van der Waals surface area contributed by atoms with Crippen LogP contribution < -0.4 is 9.47 Å². The highest BCUT2D eigenvalue weighted by Gasteiger charge is 2.44. The number of amides is 1. The standard InChI is InChI=1S/C22H21F4NO4/c23-15-7-16(24)9-18(8-15)30-20-6-14-11-27(10-13(14)5-19(20)28)21(29)12-2-1-3-17(4-12)31-22(25)26/h1-4,7-9,13-14,19-20,22,28H,5-6,10-11H2/t13-,14+,19+,20+/m0/s1. The molecule has 1 N–H and O–H groups in total. The lowest BCUT2D eigenvalue weighted by molar-refractivity contribution is -0.0499. The molecule has 1 aliphatic carbocycles. The van der Waals surface area contributed by atoms with Crippen molar-refractivity contribution in [2.45, 2.75) is 31.7 Å². The van der Waals surface area contributed by atoms with Crippen LogP contribution >= 0.6 is 0 Å². The number of fused-ring (bicyclic) bond motifs is 1. The molecular formula is C22H21F4NO4. The van der Waals surface area contributed by atoms with Gasteiger partial charge in [0, 0.05) is 36.9 Å². The van der Waals surface area contributed by atoms with Crippen LogP contribution in [0.4, 0.5) is 17.6 Å². The predicted molar refractivity (Wildman–Crippen MR) is 102 cm³/mol. The summed E-state index contributed by atoms with van der Waals surface area (Å²) in [4.78, 5) is 14.5. The van der Waals surface area contributed by atoms with Crippen molar-refractivity contribution < 1.29 is 36.9 Å². The van der Waals surface area contributed by atoms with E-state index in [1.165, 1.54) is 24.3 Å². The van der Waals surface area contributed by atoms with Gasteiger partial charge in [0.1, 0.15) is 29.2 Å². The molecule has 166 valence electrons. The number of hydrogen-bond acceptors (Lipinski definition) is 4. The first-order chi connectivity index (χ1) is 14.8. The maximum Gasteiger partial charge on any atom is 0.387 e. The third kappa shape index (κ3) is 4.92. The Bertz CT molecular complexity index is 937. The van der Waals surface area contributed by atoms with Gasteiger partial charge in [-0.15, -0.1) is 0 Å². The lowest BCUT2D eigenvalue weighted by atomic mass is 9.78. The van der Waals surface area contributed by atoms with Gasteiger partial charge in [-0.25, -0.2) is 8.78 Å². The Balaban J connectivity index is 1.42. The lowest BCUT2D eigenvalue weighted by Gasteiger charge is -2.35. The van der Waals surface area contributed by atoms with Crippen LogP contribution in [0.1, 0.15) is 23.2 Å². The molecule has 0 unspecified atom stereocenters. The molecule has 2 aromatic rings. The minimum Gasteiger partial charge on any atom is -0.488 e. The highest BCUT2D eigenvalue weighted by Crippen LogP contribution is 2.38. The number of carbonyl (C=O) groups excluding carboxylic acids is 1. The molecule has 0 radical (unpaired) electrons. The van der Waals surface area contributed by atoms with Crippen molar-refractivity contribution in [1.29, 1.82) is 0 Å². The molecule has 0 spiro atoms. The molecule has 2 fully saturated rings. The maximum absolute atomic E-state index is 13.4. The first-order valence-corrected chi connectivity index (χ1v) is 9.93. The van der Waals surface area contributed by atoms with Crippen LogP contribution in [0.2, 0.25) is 0 Å².